The predicted molar refractivity (Wildman–Crippen MR) is 85.8 cm³/mol. The standard InChI is InChI=1S/C18H22N2O3/c1-20-8-7-18-11-4-5-12(19-21)17(18)23-16-14(22-2)6-3-10(15(16)18)9-13(11)20/h3,6,11,13,17,21H,4-5,7-9H2,1-2H3/b19-12-/t11-,13+,17?,18-/m0/s1. The predicted octanol–water partition coefficient (Wildman–Crippen LogP) is 2.19. The number of hydrogen-bond acceptors (Lipinski definition) is 5. The van der Waals surface area contributed by atoms with Crippen molar-refractivity contribution in [1.29, 1.82) is 0 Å². The van der Waals surface area contributed by atoms with E-state index in [4.69, 9.17) is 9.47 Å². The Balaban J connectivity index is 1.80. The maximum absolute atomic E-state index is 9.53. The lowest BCUT2D eigenvalue weighted by molar-refractivity contribution is -0.00803. The molecule has 23 heavy (non-hydrogen) atoms. The zero-order valence-electron chi connectivity index (χ0n) is 13.6. The molecule has 5 heteroatoms. The molecule has 4 atom stereocenters. The third-order valence-electron chi connectivity index (χ3n) is 6.74. The first-order valence-electron chi connectivity index (χ1n) is 8.48. The van der Waals surface area contributed by atoms with Crippen molar-refractivity contribution in [2.24, 2.45) is 11.1 Å². The molecule has 2 aliphatic heterocycles. The summed E-state index contributed by atoms with van der Waals surface area (Å²) in [5, 5.41) is 13.1. The van der Waals surface area contributed by atoms with Gasteiger partial charge in [0.05, 0.1) is 12.8 Å². The summed E-state index contributed by atoms with van der Waals surface area (Å²) in [7, 11) is 3.94. The Morgan fingerprint density at radius 3 is 3.09 bits per heavy atom. The molecule has 122 valence electrons. The van der Waals surface area contributed by atoms with Gasteiger partial charge in [0.15, 0.2) is 17.6 Å². The minimum Gasteiger partial charge on any atom is -0.493 e. The molecule has 4 aliphatic rings. The number of likely N-dealkylation sites (tertiary alicyclic amines) is 1. The van der Waals surface area contributed by atoms with Crippen LogP contribution in [0.5, 0.6) is 11.5 Å². The SMILES string of the molecule is COc1ccc2c3c1OC1/C(=N\O)CC[C@H]4[C@@H](C2)N(C)CC[C@]314. The number of methoxy groups -OCH3 is 1. The zero-order chi connectivity index (χ0) is 15.8. The van der Waals surface area contributed by atoms with E-state index in [0.29, 0.717) is 12.0 Å². The molecule has 1 spiro atoms. The molecule has 2 bridgehead atoms. The smallest absolute Gasteiger partial charge is 0.166 e. The van der Waals surface area contributed by atoms with E-state index in [1.54, 1.807) is 7.11 Å². The Bertz CT molecular complexity index is 716. The van der Waals surface area contributed by atoms with Gasteiger partial charge in [-0.25, -0.2) is 0 Å². The first kappa shape index (κ1) is 13.7. The summed E-state index contributed by atoms with van der Waals surface area (Å²) in [6, 6.07) is 4.79. The molecular formula is C18H22N2O3. The number of likely N-dealkylation sites (N-methyl/N-ethyl adjacent to an activating group) is 1. The summed E-state index contributed by atoms with van der Waals surface area (Å²) >= 11 is 0. The minimum atomic E-state index is -0.132. The van der Waals surface area contributed by atoms with E-state index in [0.717, 1.165) is 49.4 Å². The molecule has 2 aliphatic carbocycles. The van der Waals surface area contributed by atoms with Crippen molar-refractivity contribution >= 4 is 5.71 Å². The highest BCUT2D eigenvalue weighted by Gasteiger charge is 2.65. The van der Waals surface area contributed by atoms with E-state index in [9.17, 15) is 5.21 Å². The van der Waals surface area contributed by atoms with Crippen LogP contribution in [0.4, 0.5) is 0 Å². The molecule has 1 N–H and O–H groups in total. The van der Waals surface area contributed by atoms with Gasteiger partial charge in [-0.2, -0.15) is 0 Å². The molecule has 1 aromatic carbocycles. The van der Waals surface area contributed by atoms with E-state index in [1.807, 2.05) is 6.07 Å². The second kappa shape index (κ2) is 4.41. The van der Waals surface area contributed by atoms with Gasteiger partial charge < -0.3 is 19.6 Å². The molecule has 2 heterocycles. The largest absolute Gasteiger partial charge is 0.493 e. The Kier molecular flexibility index (Phi) is 2.62. The van der Waals surface area contributed by atoms with Gasteiger partial charge in [-0.05, 0) is 56.8 Å². The third kappa shape index (κ3) is 1.45. The molecule has 1 unspecified atom stereocenters. The van der Waals surface area contributed by atoms with Gasteiger partial charge in [0.25, 0.3) is 0 Å². The lowest BCUT2D eigenvalue weighted by Crippen LogP contribution is -2.65. The van der Waals surface area contributed by atoms with Crippen LogP contribution in [0.15, 0.2) is 17.3 Å². The van der Waals surface area contributed by atoms with Gasteiger partial charge in [0.2, 0.25) is 0 Å². The van der Waals surface area contributed by atoms with Gasteiger partial charge >= 0.3 is 0 Å². The minimum absolute atomic E-state index is 0.0333. The normalized spacial score (nSPS) is 39.0. The van der Waals surface area contributed by atoms with Gasteiger partial charge in [-0.15, -0.1) is 0 Å². The fourth-order valence-corrected chi connectivity index (χ4v) is 5.79. The van der Waals surface area contributed by atoms with Crippen molar-refractivity contribution in [2.75, 3.05) is 20.7 Å². The van der Waals surface area contributed by atoms with Crippen LogP contribution in [0.2, 0.25) is 0 Å². The van der Waals surface area contributed by atoms with Gasteiger partial charge in [-0.1, -0.05) is 11.2 Å². The summed E-state index contributed by atoms with van der Waals surface area (Å²) in [4.78, 5) is 2.51. The van der Waals surface area contributed by atoms with Crippen LogP contribution in [-0.4, -0.2) is 48.7 Å². The van der Waals surface area contributed by atoms with Crippen LogP contribution in [0.1, 0.15) is 30.4 Å². The quantitative estimate of drug-likeness (QED) is 0.638. The monoisotopic (exact) mass is 314 g/mol. The van der Waals surface area contributed by atoms with Crippen LogP contribution in [0.3, 0.4) is 0 Å². The molecule has 0 amide bonds. The van der Waals surface area contributed by atoms with Crippen LogP contribution in [0, 0.1) is 5.92 Å². The summed E-state index contributed by atoms with van der Waals surface area (Å²) in [5.41, 5.74) is 3.50. The Morgan fingerprint density at radius 1 is 1.43 bits per heavy atom. The first-order valence-corrected chi connectivity index (χ1v) is 8.48. The van der Waals surface area contributed by atoms with Crippen molar-refractivity contribution in [2.45, 2.75) is 43.2 Å². The van der Waals surface area contributed by atoms with Crippen molar-refractivity contribution in [1.82, 2.24) is 4.90 Å². The summed E-state index contributed by atoms with van der Waals surface area (Å²) in [6.07, 6.45) is 3.90. The van der Waals surface area contributed by atoms with Crippen LogP contribution in [-0.2, 0) is 11.8 Å². The highest BCUT2D eigenvalue weighted by Crippen LogP contribution is 2.63. The maximum atomic E-state index is 9.53. The number of ether oxygens (including phenoxy) is 2. The number of rotatable bonds is 1. The molecular weight excluding hydrogens is 292 g/mol. The van der Waals surface area contributed by atoms with Crippen molar-refractivity contribution in [3.63, 3.8) is 0 Å². The van der Waals surface area contributed by atoms with Crippen molar-refractivity contribution < 1.29 is 14.7 Å². The number of benzene rings is 1. The van der Waals surface area contributed by atoms with E-state index >= 15 is 0 Å². The highest BCUT2D eigenvalue weighted by molar-refractivity contribution is 5.93. The average molecular weight is 314 g/mol. The molecule has 1 saturated heterocycles. The lowest BCUT2D eigenvalue weighted by atomic mass is 9.51. The van der Waals surface area contributed by atoms with E-state index in [2.05, 4.69) is 23.2 Å². The molecule has 0 aromatic heterocycles. The summed E-state index contributed by atoms with van der Waals surface area (Å²) in [6.45, 7) is 1.07. The maximum Gasteiger partial charge on any atom is 0.166 e. The first-order chi connectivity index (χ1) is 11.2. The Hall–Kier alpha value is -1.75. The van der Waals surface area contributed by atoms with Gasteiger partial charge in [0, 0.05) is 17.0 Å². The molecule has 0 radical (unpaired) electrons. The Labute approximate surface area is 135 Å². The molecule has 5 nitrogen and oxygen atoms in total. The number of piperidine rings is 1. The summed E-state index contributed by atoms with van der Waals surface area (Å²) < 4.78 is 12.0. The van der Waals surface area contributed by atoms with Crippen molar-refractivity contribution in [3.8, 4) is 11.5 Å². The number of nitrogens with zero attached hydrogens (tertiary/aromatic N) is 2. The number of hydrogen-bond donors (Lipinski definition) is 1. The van der Waals surface area contributed by atoms with Crippen LogP contribution in [0.25, 0.3) is 0 Å². The molecule has 1 aromatic rings. The fraction of sp³-hybridized carbons (Fsp3) is 0.611. The lowest BCUT2D eigenvalue weighted by Gasteiger charge is -2.57. The van der Waals surface area contributed by atoms with E-state index in [-0.39, 0.29) is 11.5 Å². The summed E-state index contributed by atoms with van der Waals surface area (Å²) in [5.74, 6) is 2.27. The zero-order valence-corrected chi connectivity index (χ0v) is 13.6. The van der Waals surface area contributed by atoms with Crippen LogP contribution >= 0.6 is 0 Å². The molecule has 1 saturated carbocycles. The average Bonchev–Trinajstić information content (AvgIpc) is 2.92. The third-order valence-corrected chi connectivity index (χ3v) is 6.74. The second-order valence-corrected chi connectivity index (χ2v) is 7.41. The number of oxime groups is 1. The second-order valence-electron chi connectivity index (χ2n) is 7.41. The topological polar surface area (TPSA) is 54.3 Å². The van der Waals surface area contributed by atoms with E-state index in [1.165, 1.54) is 11.1 Å². The Morgan fingerprint density at radius 2 is 2.30 bits per heavy atom. The van der Waals surface area contributed by atoms with Crippen LogP contribution < -0.4 is 9.47 Å². The van der Waals surface area contributed by atoms with Gasteiger partial charge in [0.1, 0.15) is 0 Å². The fourth-order valence-electron chi connectivity index (χ4n) is 5.79. The molecule has 5 rings (SSSR count). The molecule has 2 fully saturated rings. The van der Waals surface area contributed by atoms with E-state index < -0.39 is 0 Å². The van der Waals surface area contributed by atoms with Crippen molar-refractivity contribution in [3.05, 3.63) is 23.3 Å². The highest BCUT2D eigenvalue weighted by atomic mass is 16.5. The van der Waals surface area contributed by atoms with Gasteiger partial charge in [-0.3, -0.25) is 0 Å².